The van der Waals surface area contributed by atoms with Crippen molar-refractivity contribution in [2.24, 2.45) is 5.92 Å². The van der Waals surface area contributed by atoms with E-state index in [1.54, 1.807) is 7.05 Å². The second kappa shape index (κ2) is 6.13. The molecule has 1 aromatic carbocycles. The van der Waals surface area contributed by atoms with Crippen LogP contribution in [0.1, 0.15) is 18.0 Å². The van der Waals surface area contributed by atoms with Gasteiger partial charge in [0.25, 0.3) is 0 Å². The van der Waals surface area contributed by atoms with E-state index < -0.39 is 36.2 Å². The van der Waals surface area contributed by atoms with E-state index in [4.69, 9.17) is 5.11 Å². The van der Waals surface area contributed by atoms with Crippen LogP contribution in [0.15, 0.2) is 24.3 Å². The van der Waals surface area contributed by atoms with Gasteiger partial charge in [0, 0.05) is 20.5 Å². The van der Waals surface area contributed by atoms with Crippen molar-refractivity contribution in [3.05, 3.63) is 35.6 Å². The molecule has 118 valence electrons. The number of amides is 2. The SMILES string of the molecule is CN(CC(=O)O)C(=O)C1CC(=O)N(C)C1c1ccc(F)cc1. The number of hydrogen-bond acceptors (Lipinski definition) is 3. The molecule has 2 rings (SSSR count). The number of nitrogens with zero attached hydrogens (tertiary/aromatic N) is 2. The number of aliphatic carboxylic acids is 1. The number of benzene rings is 1. The van der Waals surface area contributed by atoms with Crippen LogP contribution in [0.3, 0.4) is 0 Å². The van der Waals surface area contributed by atoms with E-state index in [2.05, 4.69) is 0 Å². The van der Waals surface area contributed by atoms with E-state index in [1.807, 2.05) is 0 Å². The first-order chi connectivity index (χ1) is 10.3. The zero-order chi connectivity index (χ0) is 16.4. The van der Waals surface area contributed by atoms with Gasteiger partial charge in [-0.1, -0.05) is 12.1 Å². The topological polar surface area (TPSA) is 77.9 Å². The summed E-state index contributed by atoms with van der Waals surface area (Å²) in [6, 6.07) is 5.10. The van der Waals surface area contributed by atoms with E-state index in [0.29, 0.717) is 5.56 Å². The molecule has 6 nitrogen and oxygen atoms in total. The fraction of sp³-hybridized carbons (Fsp3) is 0.400. The summed E-state index contributed by atoms with van der Waals surface area (Å²) in [5, 5.41) is 8.78. The van der Waals surface area contributed by atoms with Crippen molar-refractivity contribution in [1.29, 1.82) is 0 Å². The minimum absolute atomic E-state index is 0.0152. The van der Waals surface area contributed by atoms with Crippen molar-refractivity contribution in [2.75, 3.05) is 20.6 Å². The second-order valence-electron chi connectivity index (χ2n) is 5.40. The van der Waals surface area contributed by atoms with Crippen molar-refractivity contribution >= 4 is 17.8 Å². The number of rotatable bonds is 4. The summed E-state index contributed by atoms with van der Waals surface area (Å²) in [6.07, 6.45) is 0.0152. The van der Waals surface area contributed by atoms with Crippen molar-refractivity contribution in [1.82, 2.24) is 9.80 Å². The highest BCUT2D eigenvalue weighted by Gasteiger charge is 2.43. The summed E-state index contributed by atoms with van der Waals surface area (Å²) in [5.41, 5.74) is 0.650. The third-order valence-electron chi connectivity index (χ3n) is 3.86. The summed E-state index contributed by atoms with van der Waals surface area (Å²) in [6.45, 7) is -0.427. The molecule has 0 aliphatic carbocycles. The molecule has 1 aliphatic rings. The molecule has 1 fully saturated rings. The Labute approximate surface area is 127 Å². The predicted molar refractivity (Wildman–Crippen MR) is 75.3 cm³/mol. The number of likely N-dealkylation sites (tertiary alicyclic amines) is 1. The fourth-order valence-corrected chi connectivity index (χ4v) is 2.77. The summed E-state index contributed by atoms with van der Waals surface area (Å²) >= 11 is 0. The number of hydrogen-bond donors (Lipinski definition) is 1. The quantitative estimate of drug-likeness (QED) is 0.896. The maximum atomic E-state index is 13.1. The first kappa shape index (κ1) is 15.9. The molecule has 1 heterocycles. The minimum Gasteiger partial charge on any atom is -0.480 e. The van der Waals surface area contributed by atoms with Gasteiger partial charge in [-0.2, -0.15) is 0 Å². The highest BCUT2D eigenvalue weighted by atomic mass is 19.1. The number of carbonyl (C=O) groups is 3. The molecular formula is C15H17FN2O4. The number of likely N-dealkylation sites (N-methyl/N-ethyl adjacent to an activating group) is 1. The number of carboxylic acids is 1. The summed E-state index contributed by atoms with van der Waals surface area (Å²) in [4.78, 5) is 37.7. The fourth-order valence-electron chi connectivity index (χ4n) is 2.77. The van der Waals surface area contributed by atoms with Gasteiger partial charge in [0.1, 0.15) is 12.4 Å². The molecule has 1 N–H and O–H groups in total. The van der Waals surface area contributed by atoms with Gasteiger partial charge in [-0.3, -0.25) is 14.4 Å². The number of carboxylic acid groups (broad SMARTS) is 1. The largest absolute Gasteiger partial charge is 0.480 e. The van der Waals surface area contributed by atoms with Gasteiger partial charge in [-0.25, -0.2) is 4.39 Å². The highest BCUT2D eigenvalue weighted by molar-refractivity contribution is 5.91. The molecule has 1 aliphatic heterocycles. The lowest BCUT2D eigenvalue weighted by molar-refractivity contribution is -0.145. The van der Waals surface area contributed by atoms with Crippen LogP contribution in [0.2, 0.25) is 0 Å². The third-order valence-corrected chi connectivity index (χ3v) is 3.86. The Balaban J connectivity index is 2.28. The Kier molecular flexibility index (Phi) is 4.44. The maximum absolute atomic E-state index is 13.1. The van der Waals surface area contributed by atoms with Gasteiger partial charge in [0.2, 0.25) is 11.8 Å². The Morgan fingerprint density at radius 2 is 1.95 bits per heavy atom. The first-order valence-electron chi connectivity index (χ1n) is 6.79. The standard InChI is InChI=1S/C15H17FN2O4/c1-17(8-13(20)21)15(22)11-7-12(19)18(2)14(11)9-3-5-10(16)6-4-9/h3-6,11,14H,7-8H2,1-2H3,(H,20,21). The minimum atomic E-state index is -1.12. The smallest absolute Gasteiger partial charge is 0.323 e. The van der Waals surface area contributed by atoms with Crippen molar-refractivity contribution in [3.63, 3.8) is 0 Å². The molecule has 2 amide bonds. The molecule has 0 bridgehead atoms. The molecule has 22 heavy (non-hydrogen) atoms. The zero-order valence-corrected chi connectivity index (χ0v) is 12.3. The van der Waals surface area contributed by atoms with E-state index in [0.717, 1.165) is 4.90 Å². The Hall–Kier alpha value is -2.44. The lowest BCUT2D eigenvalue weighted by atomic mass is 9.92. The summed E-state index contributed by atoms with van der Waals surface area (Å²) < 4.78 is 13.1. The molecule has 1 saturated heterocycles. The van der Waals surface area contributed by atoms with E-state index in [1.165, 1.54) is 36.2 Å². The Bertz CT molecular complexity index is 602. The van der Waals surface area contributed by atoms with Gasteiger partial charge in [0.05, 0.1) is 12.0 Å². The van der Waals surface area contributed by atoms with Crippen LogP contribution in [-0.4, -0.2) is 53.3 Å². The molecule has 2 unspecified atom stereocenters. The summed E-state index contributed by atoms with van der Waals surface area (Å²) in [5.74, 6) is -2.80. The van der Waals surface area contributed by atoms with Gasteiger partial charge >= 0.3 is 5.97 Å². The normalized spacial score (nSPS) is 21.0. The molecular weight excluding hydrogens is 291 g/mol. The van der Waals surface area contributed by atoms with Crippen LogP contribution in [0.25, 0.3) is 0 Å². The third kappa shape index (κ3) is 3.08. The molecule has 0 spiro atoms. The van der Waals surface area contributed by atoms with Crippen molar-refractivity contribution < 1.29 is 23.9 Å². The van der Waals surface area contributed by atoms with Crippen LogP contribution in [0.5, 0.6) is 0 Å². The van der Waals surface area contributed by atoms with E-state index in [9.17, 15) is 18.8 Å². The lowest BCUT2D eigenvalue weighted by Crippen LogP contribution is -2.38. The van der Waals surface area contributed by atoms with Gasteiger partial charge in [-0.05, 0) is 17.7 Å². The predicted octanol–water partition coefficient (Wildman–Crippen LogP) is 0.888. The van der Waals surface area contributed by atoms with Crippen LogP contribution in [0.4, 0.5) is 4.39 Å². The van der Waals surface area contributed by atoms with Crippen molar-refractivity contribution in [2.45, 2.75) is 12.5 Å². The van der Waals surface area contributed by atoms with Crippen molar-refractivity contribution in [3.8, 4) is 0 Å². The first-order valence-corrected chi connectivity index (χ1v) is 6.79. The molecule has 0 saturated carbocycles. The second-order valence-corrected chi connectivity index (χ2v) is 5.40. The number of halogens is 1. The van der Waals surface area contributed by atoms with Gasteiger partial charge < -0.3 is 14.9 Å². The van der Waals surface area contributed by atoms with Crippen LogP contribution >= 0.6 is 0 Å². The monoisotopic (exact) mass is 308 g/mol. The molecule has 2 atom stereocenters. The highest BCUT2D eigenvalue weighted by Crippen LogP contribution is 2.37. The van der Waals surface area contributed by atoms with Gasteiger partial charge in [0.15, 0.2) is 0 Å². The Morgan fingerprint density at radius 3 is 2.50 bits per heavy atom. The van der Waals surface area contributed by atoms with Crippen LogP contribution in [0, 0.1) is 11.7 Å². The average molecular weight is 308 g/mol. The Morgan fingerprint density at radius 1 is 1.36 bits per heavy atom. The van der Waals surface area contributed by atoms with Crippen LogP contribution < -0.4 is 0 Å². The van der Waals surface area contributed by atoms with Crippen LogP contribution in [-0.2, 0) is 14.4 Å². The lowest BCUT2D eigenvalue weighted by Gasteiger charge is -2.27. The van der Waals surface area contributed by atoms with Gasteiger partial charge in [-0.15, -0.1) is 0 Å². The van der Waals surface area contributed by atoms with E-state index in [-0.39, 0.29) is 12.3 Å². The zero-order valence-electron chi connectivity index (χ0n) is 12.3. The average Bonchev–Trinajstić information content (AvgIpc) is 2.74. The molecule has 7 heteroatoms. The number of carbonyl (C=O) groups excluding carboxylic acids is 2. The summed E-state index contributed by atoms with van der Waals surface area (Å²) in [7, 11) is 2.97. The molecule has 1 aromatic rings. The molecule has 0 radical (unpaired) electrons. The molecule has 0 aromatic heterocycles. The maximum Gasteiger partial charge on any atom is 0.323 e. The van der Waals surface area contributed by atoms with E-state index >= 15 is 0 Å².